The third-order valence-electron chi connectivity index (χ3n) is 2.90. The van der Waals surface area contributed by atoms with Crippen molar-refractivity contribution in [1.82, 2.24) is 9.38 Å². The highest BCUT2D eigenvalue weighted by Gasteiger charge is 2.10. The fourth-order valence-electron chi connectivity index (χ4n) is 1.95. The van der Waals surface area contributed by atoms with Crippen molar-refractivity contribution >= 4 is 5.65 Å². The van der Waals surface area contributed by atoms with E-state index in [2.05, 4.69) is 4.98 Å². The Morgan fingerprint density at radius 3 is 2.74 bits per heavy atom. The van der Waals surface area contributed by atoms with Crippen LogP contribution in [0.25, 0.3) is 16.9 Å². The molecule has 0 saturated heterocycles. The van der Waals surface area contributed by atoms with Crippen molar-refractivity contribution in [1.29, 1.82) is 0 Å². The van der Waals surface area contributed by atoms with Gasteiger partial charge >= 0.3 is 0 Å². The molecule has 0 aliphatic heterocycles. The van der Waals surface area contributed by atoms with Crippen LogP contribution >= 0.6 is 0 Å². The first-order valence-electron chi connectivity index (χ1n) is 5.71. The third kappa shape index (κ3) is 2.08. The lowest BCUT2D eigenvalue weighted by Crippen LogP contribution is -1.88. The molecule has 3 rings (SSSR count). The number of hydrogen-bond acceptors (Lipinski definition) is 2. The van der Waals surface area contributed by atoms with Crippen LogP contribution in [-0.4, -0.2) is 14.5 Å². The molecule has 0 unspecified atom stereocenters. The predicted molar refractivity (Wildman–Crippen MR) is 66.5 cm³/mol. The van der Waals surface area contributed by atoms with E-state index in [9.17, 15) is 8.78 Å². The van der Waals surface area contributed by atoms with Gasteiger partial charge < -0.3 is 9.51 Å². The van der Waals surface area contributed by atoms with Gasteiger partial charge in [-0.25, -0.2) is 13.8 Å². The molecular weight excluding hydrogens is 250 g/mol. The van der Waals surface area contributed by atoms with Crippen molar-refractivity contribution < 1.29 is 13.9 Å². The summed E-state index contributed by atoms with van der Waals surface area (Å²) in [6, 6.07) is 6.71. The quantitative estimate of drug-likeness (QED) is 0.769. The summed E-state index contributed by atoms with van der Waals surface area (Å²) in [5, 5.41) is 9.06. The van der Waals surface area contributed by atoms with Gasteiger partial charge in [-0.1, -0.05) is 6.07 Å². The number of hydrogen-bond donors (Lipinski definition) is 1. The van der Waals surface area contributed by atoms with E-state index >= 15 is 0 Å². The van der Waals surface area contributed by atoms with E-state index in [0.717, 1.165) is 23.8 Å². The molecule has 0 spiro atoms. The van der Waals surface area contributed by atoms with Crippen LogP contribution in [0.3, 0.4) is 0 Å². The Morgan fingerprint density at radius 1 is 1.11 bits per heavy atom. The minimum absolute atomic E-state index is 0.0855. The summed E-state index contributed by atoms with van der Waals surface area (Å²) in [6.45, 7) is -0.0855. The minimum Gasteiger partial charge on any atom is -0.392 e. The standard InChI is InChI=1S/C14H10F2N2O/c15-10-2-3-12(16)11(5-10)13-7-18-6-9(8-19)1-4-14(18)17-13/h1-7,19H,8H2. The molecule has 3 nitrogen and oxygen atoms in total. The van der Waals surface area contributed by atoms with E-state index in [1.165, 1.54) is 0 Å². The van der Waals surface area contributed by atoms with Crippen LogP contribution in [0.4, 0.5) is 8.78 Å². The maximum Gasteiger partial charge on any atom is 0.137 e. The van der Waals surface area contributed by atoms with Gasteiger partial charge in [-0.15, -0.1) is 0 Å². The van der Waals surface area contributed by atoms with Gasteiger partial charge in [-0.2, -0.15) is 0 Å². The second-order valence-electron chi connectivity index (χ2n) is 4.21. The van der Waals surface area contributed by atoms with E-state index < -0.39 is 11.6 Å². The highest BCUT2D eigenvalue weighted by Crippen LogP contribution is 2.23. The van der Waals surface area contributed by atoms with Gasteiger partial charge in [-0.3, -0.25) is 0 Å². The Hall–Kier alpha value is -2.27. The lowest BCUT2D eigenvalue weighted by atomic mass is 10.1. The molecule has 0 saturated carbocycles. The van der Waals surface area contributed by atoms with Gasteiger partial charge in [0.15, 0.2) is 0 Å². The number of aliphatic hydroxyl groups is 1. The molecule has 0 atom stereocenters. The van der Waals surface area contributed by atoms with Crippen molar-refractivity contribution in [3.8, 4) is 11.3 Å². The number of nitrogens with zero attached hydrogens (tertiary/aromatic N) is 2. The molecule has 2 heterocycles. The first kappa shape index (κ1) is 11.8. The molecule has 0 fully saturated rings. The highest BCUT2D eigenvalue weighted by atomic mass is 19.1. The maximum atomic E-state index is 13.7. The highest BCUT2D eigenvalue weighted by molar-refractivity contribution is 5.63. The zero-order valence-electron chi connectivity index (χ0n) is 9.85. The molecule has 0 bridgehead atoms. The Kier molecular flexibility index (Phi) is 2.76. The van der Waals surface area contributed by atoms with Crippen LogP contribution < -0.4 is 0 Å². The molecule has 2 aromatic heterocycles. The molecule has 19 heavy (non-hydrogen) atoms. The molecule has 1 aromatic carbocycles. The number of rotatable bonds is 2. The molecule has 96 valence electrons. The second-order valence-corrected chi connectivity index (χ2v) is 4.21. The minimum atomic E-state index is -0.521. The number of aromatic nitrogens is 2. The van der Waals surface area contributed by atoms with Crippen LogP contribution in [-0.2, 0) is 6.61 Å². The first-order chi connectivity index (χ1) is 9.17. The van der Waals surface area contributed by atoms with Crippen LogP contribution in [0.5, 0.6) is 0 Å². The zero-order chi connectivity index (χ0) is 13.4. The summed E-state index contributed by atoms with van der Waals surface area (Å²) in [5.41, 5.74) is 1.80. The van der Waals surface area contributed by atoms with E-state index in [1.54, 1.807) is 28.9 Å². The van der Waals surface area contributed by atoms with Crippen molar-refractivity contribution in [2.75, 3.05) is 0 Å². The van der Waals surface area contributed by atoms with Gasteiger partial charge in [-0.05, 0) is 29.8 Å². The van der Waals surface area contributed by atoms with Crippen molar-refractivity contribution in [3.05, 3.63) is 59.9 Å². The molecule has 5 heteroatoms. The molecular formula is C14H10F2N2O. The Balaban J connectivity index is 2.17. The fourth-order valence-corrected chi connectivity index (χ4v) is 1.95. The van der Waals surface area contributed by atoms with Gasteiger partial charge in [0, 0.05) is 18.0 Å². The fraction of sp³-hybridized carbons (Fsp3) is 0.0714. The van der Waals surface area contributed by atoms with Crippen LogP contribution in [0.1, 0.15) is 5.56 Å². The predicted octanol–water partition coefficient (Wildman–Crippen LogP) is 2.77. The molecule has 3 aromatic rings. The molecule has 1 N–H and O–H groups in total. The second kappa shape index (κ2) is 4.44. The average molecular weight is 260 g/mol. The monoisotopic (exact) mass is 260 g/mol. The summed E-state index contributed by atoms with van der Waals surface area (Å²) in [7, 11) is 0. The van der Waals surface area contributed by atoms with Gasteiger partial charge in [0.1, 0.15) is 17.3 Å². The first-order valence-corrected chi connectivity index (χ1v) is 5.71. The molecule has 0 aliphatic rings. The Labute approximate surface area is 107 Å². The third-order valence-corrected chi connectivity index (χ3v) is 2.90. The summed E-state index contributed by atoms with van der Waals surface area (Å²) in [6.07, 6.45) is 3.30. The van der Waals surface area contributed by atoms with Gasteiger partial charge in [0.05, 0.1) is 12.3 Å². The van der Waals surface area contributed by atoms with Crippen LogP contribution in [0.15, 0.2) is 42.7 Å². The zero-order valence-corrected chi connectivity index (χ0v) is 9.85. The Morgan fingerprint density at radius 2 is 1.95 bits per heavy atom. The van der Waals surface area contributed by atoms with Crippen molar-refractivity contribution in [2.24, 2.45) is 0 Å². The van der Waals surface area contributed by atoms with E-state index in [-0.39, 0.29) is 12.2 Å². The number of halogens is 2. The SMILES string of the molecule is OCc1ccc2nc(-c3cc(F)ccc3F)cn2c1. The van der Waals surface area contributed by atoms with E-state index in [0.29, 0.717) is 11.3 Å². The number of fused-ring (bicyclic) bond motifs is 1. The van der Waals surface area contributed by atoms with Crippen LogP contribution in [0, 0.1) is 11.6 Å². The van der Waals surface area contributed by atoms with Gasteiger partial charge in [0.25, 0.3) is 0 Å². The normalized spacial score (nSPS) is 11.1. The molecule has 0 amide bonds. The van der Waals surface area contributed by atoms with E-state index in [1.807, 2.05) is 0 Å². The molecule has 0 radical (unpaired) electrons. The van der Waals surface area contributed by atoms with E-state index in [4.69, 9.17) is 5.11 Å². The number of aliphatic hydroxyl groups excluding tert-OH is 1. The van der Waals surface area contributed by atoms with Gasteiger partial charge in [0.2, 0.25) is 0 Å². The summed E-state index contributed by atoms with van der Waals surface area (Å²) in [5.74, 6) is -1.03. The Bertz CT molecular complexity index is 752. The summed E-state index contributed by atoms with van der Waals surface area (Å²) in [4.78, 5) is 4.23. The smallest absolute Gasteiger partial charge is 0.137 e. The van der Waals surface area contributed by atoms with Crippen molar-refractivity contribution in [2.45, 2.75) is 6.61 Å². The van der Waals surface area contributed by atoms with Crippen LogP contribution in [0.2, 0.25) is 0 Å². The lowest BCUT2D eigenvalue weighted by Gasteiger charge is -1.98. The molecule has 0 aliphatic carbocycles. The van der Waals surface area contributed by atoms with Crippen molar-refractivity contribution in [3.63, 3.8) is 0 Å². The summed E-state index contributed by atoms with van der Waals surface area (Å²) < 4.78 is 28.5. The largest absolute Gasteiger partial charge is 0.392 e. The number of pyridine rings is 1. The number of benzene rings is 1. The topological polar surface area (TPSA) is 37.5 Å². The lowest BCUT2D eigenvalue weighted by molar-refractivity contribution is 0.281. The number of imidazole rings is 1. The summed E-state index contributed by atoms with van der Waals surface area (Å²) >= 11 is 0. The maximum absolute atomic E-state index is 13.7. The average Bonchev–Trinajstić information content (AvgIpc) is 2.83.